The molecule has 10 nitrogen and oxygen atoms in total. The maximum Gasteiger partial charge on any atom is 0.407 e. The first kappa shape index (κ1) is 35.3. The number of fused-ring (bicyclic) bond motifs is 3. The average molecular weight is 690 g/mol. The van der Waals surface area contributed by atoms with Gasteiger partial charge in [-0.05, 0) is 73.0 Å². The van der Waals surface area contributed by atoms with Gasteiger partial charge < -0.3 is 24.4 Å². The van der Waals surface area contributed by atoms with Crippen LogP contribution < -0.4 is 10.1 Å². The normalized spacial score (nSPS) is 19.1. The summed E-state index contributed by atoms with van der Waals surface area (Å²) in [4.78, 5) is 53.1. The van der Waals surface area contributed by atoms with Gasteiger partial charge in [0.25, 0.3) is 5.91 Å². The first-order chi connectivity index (χ1) is 24.9. The largest absolute Gasteiger partial charge is 0.489 e. The van der Waals surface area contributed by atoms with Crippen LogP contribution in [0.1, 0.15) is 67.0 Å². The Hall–Kier alpha value is -5.48. The fourth-order valence-corrected chi connectivity index (χ4v) is 6.84. The van der Waals surface area contributed by atoms with Gasteiger partial charge in [0.15, 0.2) is 0 Å². The third-order valence-corrected chi connectivity index (χ3v) is 9.64. The molecule has 4 aromatic rings. The summed E-state index contributed by atoms with van der Waals surface area (Å²) >= 11 is 0. The summed E-state index contributed by atoms with van der Waals surface area (Å²) < 4.78 is 17.4. The van der Waals surface area contributed by atoms with Gasteiger partial charge in [-0.25, -0.2) is 9.59 Å². The fourth-order valence-electron chi connectivity index (χ4n) is 6.84. The number of likely N-dealkylation sites (N-methyl/N-ethyl adjacent to an activating group) is 1. The molecule has 3 aliphatic rings. The molecule has 51 heavy (non-hydrogen) atoms. The van der Waals surface area contributed by atoms with E-state index in [2.05, 4.69) is 34.5 Å². The van der Waals surface area contributed by atoms with E-state index < -0.39 is 12.1 Å². The predicted molar refractivity (Wildman–Crippen MR) is 192 cm³/mol. The Labute approximate surface area is 298 Å². The molecule has 7 rings (SSSR count). The third kappa shape index (κ3) is 9.20. The van der Waals surface area contributed by atoms with Crippen molar-refractivity contribution in [2.75, 3.05) is 39.3 Å². The van der Waals surface area contributed by atoms with Crippen LogP contribution in [-0.4, -0.2) is 79.5 Å². The number of nitrogens with one attached hydrogen (secondary N) is 1. The van der Waals surface area contributed by atoms with Crippen LogP contribution in [0.4, 0.5) is 4.79 Å². The molecule has 3 heterocycles. The summed E-state index contributed by atoms with van der Waals surface area (Å²) in [5.41, 5.74) is 4.42. The summed E-state index contributed by atoms with van der Waals surface area (Å²) in [5, 5.41) is 2.91. The van der Waals surface area contributed by atoms with Crippen LogP contribution in [0, 0.1) is 5.92 Å². The van der Waals surface area contributed by atoms with Crippen molar-refractivity contribution in [2.45, 2.75) is 38.5 Å². The number of aldehydes is 1. The molecule has 0 aliphatic carbocycles. The van der Waals surface area contributed by atoms with Crippen LogP contribution in [0.25, 0.3) is 0 Å². The number of alkyl carbamates (subject to hydrolysis) is 1. The second-order valence-corrected chi connectivity index (χ2v) is 12.9. The average Bonchev–Trinajstić information content (AvgIpc) is 3.18. The first-order valence-corrected chi connectivity index (χ1v) is 17.4. The molecule has 10 heteroatoms. The summed E-state index contributed by atoms with van der Waals surface area (Å²) in [6.07, 6.45) is 1.20. The molecule has 0 radical (unpaired) electrons. The Balaban J connectivity index is 0.926. The topological polar surface area (TPSA) is 114 Å². The smallest absolute Gasteiger partial charge is 0.407 e. The quantitative estimate of drug-likeness (QED) is 0.125. The lowest BCUT2D eigenvalue weighted by molar-refractivity contribution is -0.0459. The Kier molecular flexibility index (Phi) is 11.8. The Morgan fingerprint density at radius 2 is 1.65 bits per heavy atom. The molecule has 0 saturated carbocycles. The van der Waals surface area contributed by atoms with Crippen molar-refractivity contribution in [3.8, 4) is 5.75 Å². The number of rotatable bonds is 14. The number of hydrogen-bond donors (Lipinski definition) is 1. The highest BCUT2D eigenvalue weighted by atomic mass is 16.6. The van der Waals surface area contributed by atoms with Gasteiger partial charge in [0, 0.05) is 49.1 Å². The van der Waals surface area contributed by atoms with Gasteiger partial charge in [-0.3, -0.25) is 14.5 Å². The molecular formula is C41H43N3O7. The third-order valence-electron chi connectivity index (χ3n) is 9.64. The number of amides is 2. The fraction of sp³-hybridized carbons (Fsp3) is 0.317. The molecule has 3 saturated heterocycles. The zero-order valence-electron chi connectivity index (χ0n) is 28.7. The van der Waals surface area contributed by atoms with E-state index in [4.69, 9.17) is 14.2 Å². The number of carbonyl (C=O) groups is 4. The minimum atomic E-state index is -0.482. The van der Waals surface area contributed by atoms with Gasteiger partial charge in [0.2, 0.25) is 0 Å². The molecular weight excluding hydrogens is 646 g/mol. The molecule has 3 unspecified atom stereocenters. The Morgan fingerprint density at radius 1 is 0.882 bits per heavy atom. The van der Waals surface area contributed by atoms with E-state index in [1.54, 1.807) is 53.4 Å². The molecule has 2 bridgehead atoms. The van der Waals surface area contributed by atoms with Crippen LogP contribution in [0.3, 0.4) is 0 Å². The zero-order valence-corrected chi connectivity index (χ0v) is 28.7. The van der Waals surface area contributed by atoms with Crippen LogP contribution >= 0.6 is 0 Å². The van der Waals surface area contributed by atoms with E-state index in [-0.39, 0.29) is 31.8 Å². The second-order valence-electron chi connectivity index (χ2n) is 12.9. The lowest BCUT2D eigenvalue weighted by Gasteiger charge is -2.49. The summed E-state index contributed by atoms with van der Waals surface area (Å²) in [7, 11) is 0. The molecule has 264 valence electrons. The van der Waals surface area contributed by atoms with Crippen molar-refractivity contribution in [3.05, 3.63) is 137 Å². The highest BCUT2D eigenvalue weighted by molar-refractivity contribution is 5.95. The van der Waals surface area contributed by atoms with Crippen LogP contribution in [-0.2, 0) is 22.6 Å². The van der Waals surface area contributed by atoms with E-state index in [0.29, 0.717) is 47.4 Å². The number of benzene rings is 4. The van der Waals surface area contributed by atoms with E-state index in [0.717, 1.165) is 43.5 Å². The molecule has 3 fully saturated rings. The van der Waals surface area contributed by atoms with Gasteiger partial charge in [-0.2, -0.15) is 0 Å². The highest BCUT2D eigenvalue weighted by Gasteiger charge is 2.43. The number of esters is 1. The maximum absolute atomic E-state index is 12.8. The number of carbonyl (C=O) groups excluding carboxylic acids is 4. The standard InChI is InChI=1S/C41H43N3O7/c1-2-44(39(46)33-15-11-29(27-45)12-16-33)21-22-49-40(47)34-17-13-30(14-18-34)28-50-35-10-6-7-31(23-35)24-42-41(48)51-38-26-43-20-19-36(38)37(25-43)32-8-4-3-5-9-32/h3-18,23,27,36-38H,2,19-22,24-26,28H2,1H3,(H,42,48)/t36?,37?,38-/m0/s1. The van der Waals surface area contributed by atoms with Gasteiger partial charge in [-0.1, -0.05) is 66.7 Å². The number of hydrogen-bond acceptors (Lipinski definition) is 8. The highest BCUT2D eigenvalue weighted by Crippen LogP contribution is 2.40. The lowest BCUT2D eigenvalue weighted by atomic mass is 9.74. The number of ether oxygens (including phenoxy) is 3. The molecule has 4 atom stereocenters. The van der Waals surface area contributed by atoms with E-state index in [1.165, 1.54) is 5.56 Å². The summed E-state index contributed by atoms with van der Waals surface area (Å²) in [6.45, 7) is 6.02. The zero-order chi connectivity index (χ0) is 35.6. The molecule has 2 amide bonds. The van der Waals surface area contributed by atoms with Crippen LogP contribution in [0.15, 0.2) is 103 Å². The Morgan fingerprint density at radius 3 is 2.37 bits per heavy atom. The van der Waals surface area contributed by atoms with E-state index in [9.17, 15) is 19.2 Å². The number of piperidine rings is 3. The van der Waals surface area contributed by atoms with Gasteiger partial charge in [0.05, 0.1) is 12.1 Å². The van der Waals surface area contributed by atoms with Gasteiger partial charge in [-0.15, -0.1) is 0 Å². The molecule has 0 spiro atoms. The van der Waals surface area contributed by atoms with Crippen molar-refractivity contribution in [1.29, 1.82) is 0 Å². The van der Waals surface area contributed by atoms with Crippen molar-refractivity contribution in [2.24, 2.45) is 5.92 Å². The summed E-state index contributed by atoms with van der Waals surface area (Å²) in [6, 6.07) is 31.4. The van der Waals surface area contributed by atoms with Crippen LogP contribution in [0.5, 0.6) is 5.75 Å². The first-order valence-electron chi connectivity index (χ1n) is 17.4. The van der Waals surface area contributed by atoms with Crippen molar-refractivity contribution in [1.82, 2.24) is 15.1 Å². The molecule has 1 N–H and O–H groups in total. The van der Waals surface area contributed by atoms with Gasteiger partial charge >= 0.3 is 12.1 Å². The van der Waals surface area contributed by atoms with Crippen molar-refractivity contribution in [3.63, 3.8) is 0 Å². The monoisotopic (exact) mass is 689 g/mol. The summed E-state index contributed by atoms with van der Waals surface area (Å²) in [5.74, 6) is 0.660. The van der Waals surface area contributed by atoms with E-state index >= 15 is 0 Å². The van der Waals surface area contributed by atoms with Crippen molar-refractivity contribution >= 4 is 24.3 Å². The SMILES string of the molecule is CCN(CCOC(=O)c1ccc(COc2cccc(CNC(=O)O[C@H]3CN4CCC3C(c3ccccc3)C4)c2)cc1)C(=O)c1ccc(C=O)cc1. The van der Waals surface area contributed by atoms with Crippen LogP contribution in [0.2, 0.25) is 0 Å². The number of nitrogens with zero attached hydrogens (tertiary/aromatic N) is 2. The van der Waals surface area contributed by atoms with E-state index in [1.807, 2.05) is 37.3 Å². The van der Waals surface area contributed by atoms with Crippen molar-refractivity contribution < 1.29 is 33.4 Å². The minimum absolute atomic E-state index is 0.0487. The predicted octanol–water partition coefficient (Wildman–Crippen LogP) is 6.11. The Bertz CT molecular complexity index is 1800. The second kappa shape index (κ2) is 17.0. The minimum Gasteiger partial charge on any atom is -0.489 e. The van der Waals surface area contributed by atoms with Gasteiger partial charge in [0.1, 0.15) is 31.4 Å². The lowest BCUT2D eigenvalue weighted by Crippen LogP contribution is -2.56. The molecule has 3 aliphatic heterocycles. The maximum atomic E-state index is 12.8. The molecule has 0 aromatic heterocycles. The molecule has 4 aromatic carbocycles.